The van der Waals surface area contributed by atoms with E-state index in [4.69, 9.17) is 4.52 Å². The maximum Gasteiger partial charge on any atom is 0.322 e. The molecule has 6 heteroatoms. The predicted molar refractivity (Wildman–Crippen MR) is 84.7 cm³/mol. The van der Waals surface area contributed by atoms with Gasteiger partial charge in [-0.15, -0.1) is 0 Å². The van der Waals surface area contributed by atoms with Crippen molar-refractivity contribution in [2.24, 2.45) is 0 Å². The van der Waals surface area contributed by atoms with Crippen LogP contribution < -0.4 is 5.32 Å². The average Bonchev–Trinajstić information content (AvgIpc) is 3.16. The Balaban J connectivity index is 1.74. The summed E-state index contributed by atoms with van der Waals surface area (Å²) in [6.07, 6.45) is 1.74. The first kappa shape index (κ1) is 15.5. The lowest BCUT2D eigenvalue weighted by molar-refractivity contribution is 0.195. The predicted octanol–water partition coefficient (Wildman–Crippen LogP) is 4.31. The van der Waals surface area contributed by atoms with Crippen LogP contribution in [0.5, 0.6) is 0 Å². The van der Waals surface area contributed by atoms with Gasteiger partial charge in [-0.1, -0.05) is 25.1 Å². The zero-order chi connectivity index (χ0) is 16.4. The van der Waals surface area contributed by atoms with Gasteiger partial charge in [0, 0.05) is 18.3 Å². The fourth-order valence-electron chi connectivity index (χ4n) is 2.80. The Morgan fingerprint density at radius 3 is 2.96 bits per heavy atom. The highest BCUT2D eigenvalue weighted by Crippen LogP contribution is 2.33. The second-order valence-electron chi connectivity index (χ2n) is 6.10. The van der Waals surface area contributed by atoms with E-state index in [-0.39, 0.29) is 23.8 Å². The Morgan fingerprint density at radius 1 is 1.43 bits per heavy atom. The van der Waals surface area contributed by atoms with Crippen molar-refractivity contribution in [3.8, 4) is 0 Å². The Morgan fingerprint density at radius 2 is 2.26 bits per heavy atom. The summed E-state index contributed by atoms with van der Waals surface area (Å²) >= 11 is 0. The molecule has 0 radical (unpaired) electrons. The molecule has 2 heterocycles. The average molecular weight is 317 g/mol. The highest BCUT2D eigenvalue weighted by atomic mass is 19.1. The van der Waals surface area contributed by atoms with Gasteiger partial charge in [0.25, 0.3) is 0 Å². The van der Waals surface area contributed by atoms with Gasteiger partial charge in [-0.2, -0.15) is 0 Å². The molecule has 1 aromatic heterocycles. The van der Waals surface area contributed by atoms with Crippen molar-refractivity contribution in [3.63, 3.8) is 0 Å². The minimum atomic E-state index is -0.377. The van der Waals surface area contributed by atoms with Crippen LogP contribution in [-0.4, -0.2) is 22.6 Å². The highest BCUT2D eigenvalue weighted by molar-refractivity contribution is 5.89. The quantitative estimate of drug-likeness (QED) is 0.918. The Hall–Kier alpha value is -2.37. The Bertz CT molecular complexity index is 699. The third kappa shape index (κ3) is 3.36. The van der Waals surface area contributed by atoms with E-state index in [1.165, 1.54) is 12.1 Å². The second-order valence-corrected chi connectivity index (χ2v) is 6.10. The molecule has 3 rings (SSSR count). The number of carbonyl (C=O) groups is 1. The maximum absolute atomic E-state index is 13.2. The van der Waals surface area contributed by atoms with Crippen LogP contribution in [0.2, 0.25) is 0 Å². The van der Waals surface area contributed by atoms with Crippen LogP contribution in [0, 0.1) is 5.82 Å². The number of hydrogen-bond acceptors (Lipinski definition) is 3. The number of nitrogens with one attached hydrogen (secondary N) is 1. The molecule has 2 amide bonds. The molecular weight excluding hydrogens is 297 g/mol. The lowest BCUT2D eigenvalue weighted by Crippen LogP contribution is -2.34. The highest BCUT2D eigenvalue weighted by Gasteiger charge is 2.33. The van der Waals surface area contributed by atoms with E-state index in [0.717, 1.165) is 18.5 Å². The molecule has 1 fully saturated rings. The van der Waals surface area contributed by atoms with Crippen molar-refractivity contribution >= 4 is 11.7 Å². The molecule has 1 atom stereocenters. The SMILES string of the molecule is CC(C)c1cc([C@@H]2CCCN2C(=O)Nc2cccc(F)c2)on1. The van der Waals surface area contributed by atoms with E-state index < -0.39 is 0 Å². The fraction of sp³-hybridized carbons (Fsp3) is 0.412. The van der Waals surface area contributed by atoms with Crippen LogP contribution in [-0.2, 0) is 0 Å². The van der Waals surface area contributed by atoms with Crippen LogP contribution in [0.1, 0.15) is 50.1 Å². The van der Waals surface area contributed by atoms with Gasteiger partial charge in [-0.25, -0.2) is 9.18 Å². The first-order valence-electron chi connectivity index (χ1n) is 7.84. The number of nitrogens with zero attached hydrogens (tertiary/aromatic N) is 2. The van der Waals surface area contributed by atoms with Crippen LogP contribution in [0.4, 0.5) is 14.9 Å². The Kier molecular flexibility index (Phi) is 4.32. The smallest absolute Gasteiger partial charge is 0.322 e. The minimum absolute atomic E-state index is 0.122. The molecule has 1 aliphatic heterocycles. The number of benzene rings is 1. The summed E-state index contributed by atoms with van der Waals surface area (Å²) in [6.45, 7) is 4.74. The zero-order valence-corrected chi connectivity index (χ0v) is 13.3. The summed E-state index contributed by atoms with van der Waals surface area (Å²) in [5, 5.41) is 6.81. The standard InChI is InChI=1S/C17H20FN3O2/c1-11(2)14-10-16(23-20-14)15-7-4-8-21(15)17(22)19-13-6-3-5-12(18)9-13/h3,5-6,9-11,15H,4,7-8H2,1-2H3,(H,19,22)/t15-/m0/s1. The molecule has 0 aliphatic carbocycles. The molecule has 0 saturated carbocycles. The van der Waals surface area contributed by atoms with Gasteiger partial charge in [0.2, 0.25) is 0 Å². The van der Waals surface area contributed by atoms with E-state index in [1.54, 1.807) is 17.0 Å². The van der Waals surface area contributed by atoms with E-state index in [9.17, 15) is 9.18 Å². The monoisotopic (exact) mass is 317 g/mol. The first-order valence-corrected chi connectivity index (χ1v) is 7.84. The van der Waals surface area contributed by atoms with Crippen LogP contribution >= 0.6 is 0 Å². The molecule has 1 aromatic carbocycles. The molecule has 1 N–H and O–H groups in total. The van der Waals surface area contributed by atoms with E-state index in [1.807, 2.05) is 19.9 Å². The van der Waals surface area contributed by atoms with Gasteiger partial charge in [0.05, 0.1) is 11.7 Å². The second kappa shape index (κ2) is 6.40. The third-order valence-corrected chi connectivity index (χ3v) is 4.06. The van der Waals surface area contributed by atoms with Crippen molar-refractivity contribution in [2.75, 3.05) is 11.9 Å². The van der Waals surface area contributed by atoms with Gasteiger partial charge < -0.3 is 14.7 Å². The molecule has 2 aromatic rings. The number of likely N-dealkylation sites (tertiary alicyclic amines) is 1. The van der Waals surface area contributed by atoms with Gasteiger partial charge in [0.15, 0.2) is 5.76 Å². The number of urea groups is 1. The van der Waals surface area contributed by atoms with Gasteiger partial charge >= 0.3 is 6.03 Å². The van der Waals surface area contributed by atoms with Crippen molar-refractivity contribution < 1.29 is 13.7 Å². The molecule has 122 valence electrons. The molecule has 0 unspecified atom stereocenters. The topological polar surface area (TPSA) is 58.4 Å². The van der Waals surface area contributed by atoms with Gasteiger partial charge in [0.1, 0.15) is 5.82 Å². The van der Waals surface area contributed by atoms with Crippen molar-refractivity contribution in [1.29, 1.82) is 0 Å². The number of hydrogen-bond donors (Lipinski definition) is 1. The first-order chi connectivity index (χ1) is 11.0. The number of halogens is 1. The van der Waals surface area contributed by atoms with Crippen LogP contribution in [0.15, 0.2) is 34.9 Å². The number of aromatic nitrogens is 1. The van der Waals surface area contributed by atoms with Crippen LogP contribution in [0.3, 0.4) is 0 Å². The molecule has 0 bridgehead atoms. The largest absolute Gasteiger partial charge is 0.359 e. The molecule has 0 spiro atoms. The van der Waals surface area contributed by atoms with Crippen LogP contribution in [0.25, 0.3) is 0 Å². The number of carbonyl (C=O) groups excluding carboxylic acids is 1. The zero-order valence-electron chi connectivity index (χ0n) is 13.3. The van der Waals surface area contributed by atoms with E-state index >= 15 is 0 Å². The summed E-state index contributed by atoms with van der Waals surface area (Å²) < 4.78 is 18.7. The van der Waals surface area contributed by atoms with Gasteiger partial charge in [-0.3, -0.25) is 0 Å². The summed E-state index contributed by atoms with van der Waals surface area (Å²) in [7, 11) is 0. The normalized spacial score (nSPS) is 17.7. The molecular formula is C17H20FN3O2. The summed E-state index contributed by atoms with van der Waals surface area (Å²) in [5.74, 6) is 0.613. The molecule has 1 aliphatic rings. The fourth-order valence-corrected chi connectivity index (χ4v) is 2.80. The molecule has 1 saturated heterocycles. The molecule has 5 nitrogen and oxygen atoms in total. The van der Waals surface area contributed by atoms with E-state index in [0.29, 0.717) is 18.0 Å². The van der Waals surface area contributed by atoms with Crippen molar-refractivity contribution in [2.45, 2.75) is 38.6 Å². The summed E-state index contributed by atoms with van der Waals surface area (Å²) in [4.78, 5) is 14.2. The van der Waals surface area contributed by atoms with Crippen molar-refractivity contribution in [3.05, 3.63) is 47.6 Å². The number of rotatable bonds is 3. The summed E-state index contributed by atoms with van der Waals surface area (Å²) in [6, 6.07) is 7.42. The number of anilines is 1. The van der Waals surface area contributed by atoms with Crippen molar-refractivity contribution in [1.82, 2.24) is 10.1 Å². The third-order valence-electron chi connectivity index (χ3n) is 4.06. The van der Waals surface area contributed by atoms with Gasteiger partial charge in [-0.05, 0) is 37.0 Å². The lowest BCUT2D eigenvalue weighted by Gasteiger charge is -2.23. The lowest BCUT2D eigenvalue weighted by atomic mass is 10.1. The number of amides is 2. The summed E-state index contributed by atoms with van der Waals surface area (Å²) in [5.41, 5.74) is 1.33. The maximum atomic E-state index is 13.2. The molecule has 23 heavy (non-hydrogen) atoms. The van der Waals surface area contributed by atoms with E-state index in [2.05, 4.69) is 10.5 Å². The Labute approximate surface area is 134 Å². The minimum Gasteiger partial charge on any atom is -0.359 e.